The molecule has 2 fully saturated rings. The SMILES string of the molecule is Cl.NC[C@@H]1CN(CC(=O)NC2CCOCC2)C[C@H]1c1ccccc1. The lowest BCUT2D eigenvalue weighted by Crippen LogP contribution is -2.43. The molecule has 0 aromatic heterocycles. The number of hydrogen-bond donors (Lipinski definition) is 2. The van der Waals surface area contributed by atoms with Crippen molar-refractivity contribution >= 4 is 18.3 Å². The minimum absolute atomic E-state index is 0. The lowest BCUT2D eigenvalue weighted by atomic mass is 9.89. The number of carbonyl (C=O) groups excluding carboxylic acids is 1. The second-order valence-electron chi connectivity index (χ2n) is 6.66. The molecule has 24 heavy (non-hydrogen) atoms. The predicted octanol–water partition coefficient (Wildman–Crippen LogP) is 1.38. The summed E-state index contributed by atoms with van der Waals surface area (Å²) in [5.74, 6) is 0.978. The normalized spacial score (nSPS) is 25.2. The van der Waals surface area contributed by atoms with Gasteiger partial charge in [-0.25, -0.2) is 0 Å². The van der Waals surface area contributed by atoms with Crippen LogP contribution < -0.4 is 11.1 Å². The standard InChI is InChI=1S/C18H27N3O2.ClH/c19-10-15-11-21(12-17(15)14-4-2-1-3-5-14)13-18(22)20-16-6-8-23-9-7-16;/h1-5,15-17H,6-13,19H2,(H,20,22);1H/t15-,17+;/m1./s1. The zero-order valence-electron chi connectivity index (χ0n) is 14.0. The molecule has 6 heteroatoms. The third kappa shape index (κ3) is 4.93. The Morgan fingerprint density at radius 3 is 2.58 bits per heavy atom. The smallest absolute Gasteiger partial charge is 0.234 e. The van der Waals surface area contributed by atoms with Gasteiger partial charge in [-0.2, -0.15) is 0 Å². The molecule has 1 aromatic rings. The van der Waals surface area contributed by atoms with E-state index >= 15 is 0 Å². The molecule has 1 aromatic carbocycles. The summed E-state index contributed by atoms with van der Waals surface area (Å²) < 4.78 is 5.33. The van der Waals surface area contributed by atoms with E-state index in [1.807, 2.05) is 6.07 Å². The molecular weight excluding hydrogens is 326 g/mol. The van der Waals surface area contributed by atoms with Crippen molar-refractivity contribution in [1.29, 1.82) is 0 Å². The average Bonchev–Trinajstić information content (AvgIpc) is 2.99. The van der Waals surface area contributed by atoms with Gasteiger partial charge >= 0.3 is 0 Å². The lowest BCUT2D eigenvalue weighted by molar-refractivity contribution is -0.123. The van der Waals surface area contributed by atoms with Crippen LogP contribution in [0.2, 0.25) is 0 Å². The van der Waals surface area contributed by atoms with Crippen LogP contribution in [0.5, 0.6) is 0 Å². The maximum absolute atomic E-state index is 12.3. The van der Waals surface area contributed by atoms with Crippen molar-refractivity contribution in [2.24, 2.45) is 11.7 Å². The molecule has 2 atom stereocenters. The summed E-state index contributed by atoms with van der Waals surface area (Å²) in [7, 11) is 0. The first-order valence-electron chi connectivity index (χ1n) is 8.60. The first-order chi connectivity index (χ1) is 11.3. The molecule has 3 rings (SSSR count). The number of amides is 1. The highest BCUT2D eigenvalue weighted by molar-refractivity contribution is 5.85. The molecule has 0 spiro atoms. The van der Waals surface area contributed by atoms with Crippen molar-refractivity contribution < 1.29 is 9.53 Å². The van der Waals surface area contributed by atoms with E-state index in [2.05, 4.69) is 34.5 Å². The van der Waals surface area contributed by atoms with Gasteiger partial charge in [0.15, 0.2) is 0 Å². The summed E-state index contributed by atoms with van der Waals surface area (Å²) in [5.41, 5.74) is 7.29. The molecule has 2 aliphatic heterocycles. The van der Waals surface area contributed by atoms with Crippen LogP contribution >= 0.6 is 12.4 Å². The summed E-state index contributed by atoms with van der Waals surface area (Å²) >= 11 is 0. The number of nitrogens with one attached hydrogen (secondary N) is 1. The molecule has 0 aliphatic carbocycles. The fourth-order valence-corrected chi connectivity index (χ4v) is 3.72. The molecule has 0 saturated carbocycles. The Kier molecular flexibility index (Phi) is 7.49. The van der Waals surface area contributed by atoms with E-state index in [4.69, 9.17) is 10.5 Å². The van der Waals surface area contributed by atoms with Crippen molar-refractivity contribution in [2.45, 2.75) is 24.8 Å². The number of likely N-dealkylation sites (tertiary alicyclic amines) is 1. The van der Waals surface area contributed by atoms with Gasteiger partial charge in [0.2, 0.25) is 5.91 Å². The summed E-state index contributed by atoms with van der Waals surface area (Å²) in [6.07, 6.45) is 1.84. The van der Waals surface area contributed by atoms with Gasteiger partial charge in [0, 0.05) is 38.3 Å². The van der Waals surface area contributed by atoms with Crippen LogP contribution in [0.25, 0.3) is 0 Å². The van der Waals surface area contributed by atoms with Gasteiger partial charge in [-0.1, -0.05) is 30.3 Å². The molecule has 0 bridgehead atoms. The molecular formula is C18H28ClN3O2. The van der Waals surface area contributed by atoms with Crippen molar-refractivity contribution in [3.05, 3.63) is 35.9 Å². The number of ether oxygens (including phenoxy) is 1. The molecule has 3 N–H and O–H groups in total. The van der Waals surface area contributed by atoms with Gasteiger partial charge in [0.1, 0.15) is 0 Å². The quantitative estimate of drug-likeness (QED) is 0.839. The molecule has 134 valence electrons. The van der Waals surface area contributed by atoms with Crippen LogP contribution in [-0.2, 0) is 9.53 Å². The van der Waals surface area contributed by atoms with Crippen LogP contribution in [0.3, 0.4) is 0 Å². The monoisotopic (exact) mass is 353 g/mol. The number of hydrogen-bond acceptors (Lipinski definition) is 4. The summed E-state index contributed by atoms with van der Waals surface area (Å²) in [5, 5.41) is 3.14. The number of carbonyl (C=O) groups is 1. The van der Waals surface area contributed by atoms with Gasteiger partial charge in [0.05, 0.1) is 6.54 Å². The Labute approximate surface area is 150 Å². The van der Waals surface area contributed by atoms with Crippen molar-refractivity contribution in [2.75, 3.05) is 39.4 Å². The Bertz CT molecular complexity index is 508. The summed E-state index contributed by atoms with van der Waals surface area (Å²) in [6, 6.07) is 10.8. The van der Waals surface area contributed by atoms with E-state index < -0.39 is 0 Å². The lowest BCUT2D eigenvalue weighted by Gasteiger charge is -2.24. The summed E-state index contributed by atoms with van der Waals surface area (Å²) in [6.45, 7) is 4.44. The first kappa shape index (κ1) is 19.2. The highest BCUT2D eigenvalue weighted by atomic mass is 35.5. The molecule has 2 heterocycles. The zero-order valence-corrected chi connectivity index (χ0v) is 14.8. The highest BCUT2D eigenvalue weighted by Gasteiger charge is 2.33. The third-order valence-corrected chi connectivity index (χ3v) is 5.00. The number of nitrogens with two attached hydrogens (primary N) is 1. The number of halogens is 1. The van der Waals surface area contributed by atoms with E-state index in [-0.39, 0.29) is 24.4 Å². The van der Waals surface area contributed by atoms with Crippen LogP contribution in [0.1, 0.15) is 24.3 Å². The second-order valence-corrected chi connectivity index (χ2v) is 6.66. The second kappa shape index (κ2) is 9.37. The molecule has 2 aliphatic rings. The highest BCUT2D eigenvalue weighted by Crippen LogP contribution is 2.31. The number of rotatable bonds is 5. The Balaban J connectivity index is 0.00000208. The zero-order chi connectivity index (χ0) is 16.1. The number of nitrogens with zero attached hydrogens (tertiary/aromatic N) is 1. The molecule has 0 unspecified atom stereocenters. The van der Waals surface area contributed by atoms with Crippen LogP contribution in [-0.4, -0.2) is 56.2 Å². The molecule has 5 nitrogen and oxygen atoms in total. The van der Waals surface area contributed by atoms with E-state index in [0.717, 1.165) is 39.1 Å². The van der Waals surface area contributed by atoms with E-state index in [1.54, 1.807) is 0 Å². The van der Waals surface area contributed by atoms with Gasteiger partial charge in [-0.05, 0) is 30.9 Å². The van der Waals surface area contributed by atoms with Crippen LogP contribution in [0, 0.1) is 5.92 Å². The fourth-order valence-electron chi connectivity index (χ4n) is 3.72. The maximum atomic E-state index is 12.3. The topological polar surface area (TPSA) is 67.6 Å². The Morgan fingerprint density at radius 1 is 1.21 bits per heavy atom. The maximum Gasteiger partial charge on any atom is 0.234 e. The fraction of sp³-hybridized carbons (Fsp3) is 0.611. The van der Waals surface area contributed by atoms with E-state index in [0.29, 0.717) is 24.9 Å². The van der Waals surface area contributed by atoms with Crippen LogP contribution in [0.15, 0.2) is 30.3 Å². The van der Waals surface area contributed by atoms with Gasteiger partial charge in [-0.15, -0.1) is 12.4 Å². The minimum atomic E-state index is 0. The first-order valence-corrected chi connectivity index (χ1v) is 8.60. The molecule has 1 amide bonds. The molecule has 0 radical (unpaired) electrons. The van der Waals surface area contributed by atoms with E-state index in [1.165, 1.54) is 5.56 Å². The molecule has 2 saturated heterocycles. The Morgan fingerprint density at radius 2 is 1.92 bits per heavy atom. The van der Waals surface area contributed by atoms with Crippen LogP contribution in [0.4, 0.5) is 0 Å². The largest absolute Gasteiger partial charge is 0.381 e. The predicted molar refractivity (Wildman–Crippen MR) is 97.4 cm³/mol. The van der Waals surface area contributed by atoms with Gasteiger partial charge < -0.3 is 15.8 Å². The Hall–Kier alpha value is -1.14. The minimum Gasteiger partial charge on any atom is -0.381 e. The van der Waals surface area contributed by atoms with Crippen molar-refractivity contribution in [3.8, 4) is 0 Å². The van der Waals surface area contributed by atoms with Crippen molar-refractivity contribution in [1.82, 2.24) is 10.2 Å². The van der Waals surface area contributed by atoms with Gasteiger partial charge in [0.25, 0.3) is 0 Å². The number of benzene rings is 1. The summed E-state index contributed by atoms with van der Waals surface area (Å²) in [4.78, 5) is 14.5. The van der Waals surface area contributed by atoms with E-state index in [9.17, 15) is 4.79 Å². The third-order valence-electron chi connectivity index (χ3n) is 5.00. The van der Waals surface area contributed by atoms with Crippen molar-refractivity contribution in [3.63, 3.8) is 0 Å². The average molecular weight is 354 g/mol. The van der Waals surface area contributed by atoms with Gasteiger partial charge in [-0.3, -0.25) is 9.69 Å².